The van der Waals surface area contributed by atoms with Gasteiger partial charge in [0.05, 0.1) is 19.3 Å². The number of nitrogens with one attached hydrogen (secondary N) is 1. The molecule has 2 rings (SSSR count). The molecule has 6 nitrogen and oxygen atoms in total. The topological polar surface area (TPSA) is 73.9 Å². The lowest BCUT2D eigenvalue weighted by Crippen LogP contribution is -2.28. The van der Waals surface area contributed by atoms with Gasteiger partial charge in [-0.2, -0.15) is 0 Å². The van der Waals surface area contributed by atoms with Gasteiger partial charge in [0, 0.05) is 6.54 Å². The van der Waals surface area contributed by atoms with Crippen LogP contribution in [0.4, 0.5) is 0 Å². The first-order valence-electron chi connectivity index (χ1n) is 7.92. The summed E-state index contributed by atoms with van der Waals surface area (Å²) in [4.78, 5) is 23.6. The van der Waals surface area contributed by atoms with Gasteiger partial charge >= 0.3 is 5.97 Å². The Morgan fingerprint density at radius 3 is 2.48 bits per heavy atom. The number of rotatable bonds is 8. The van der Waals surface area contributed by atoms with E-state index in [4.69, 9.17) is 14.2 Å². The predicted molar refractivity (Wildman–Crippen MR) is 92.7 cm³/mol. The van der Waals surface area contributed by atoms with E-state index in [0.29, 0.717) is 24.5 Å². The molecule has 0 fully saturated rings. The Morgan fingerprint density at radius 1 is 1.04 bits per heavy atom. The summed E-state index contributed by atoms with van der Waals surface area (Å²) in [5, 5.41) is 2.77. The highest BCUT2D eigenvalue weighted by molar-refractivity contribution is 5.89. The monoisotopic (exact) mass is 343 g/mol. The first-order chi connectivity index (χ1) is 12.1. The highest BCUT2D eigenvalue weighted by atomic mass is 16.5. The summed E-state index contributed by atoms with van der Waals surface area (Å²) in [6, 6.07) is 14.0. The first kappa shape index (κ1) is 18.3. The number of esters is 1. The SMILES string of the molecule is CCOC(=O)c1cccc(OCC(=O)NCc2ccc(OC)cc2)c1. The molecule has 1 amide bonds. The highest BCUT2D eigenvalue weighted by Gasteiger charge is 2.08. The van der Waals surface area contributed by atoms with Crippen molar-refractivity contribution >= 4 is 11.9 Å². The zero-order valence-electron chi connectivity index (χ0n) is 14.3. The van der Waals surface area contributed by atoms with Crippen LogP contribution < -0.4 is 14.8 Å². The Morgan fingerprint density at radius 2 is 1.80 bits per heavy atom. The number of hydrogen-bond acceptors (Lipinski definition) is 5. The summed E-state index contributed by atoms with van der Waals surface area (Å²) < 4.78 is 15.4. The van der Waals surface area contributed by atoms with Crippen LogP contribution in [0.3, 0.4) is 0 Å². The van der Waals surface area contributed by atoms with E-state index >= 15 is 0 Å². The molecule has 0 aliphatic carbocycles. The number of benzene rings is 2. The molecule has 0 atom stereocenters. The normalized spacial score (nSPS) is 10.0. The van der Waals surface area contributed by atoms with Gasteiger partial charge in [-0.1, -0.05) is 18.2 Å². The van der Waals surface area contributed by atoms with Crippen LogP contribution in [0, 0.1) is 0 Å². The molecule has 0 unspecified atom stereocenters. The second-order valence-electron chi connectivity index (χ2n) is 5.16. The molecule has 25 heavy (non-hydrogen) atoms. The van der Waals surface area contributed by atoms with E-state index < -0.39 is 5.97 Å². The standard InChI is InChI=1S/C19H21NO5/c1-3-24-19(22)15-5-4-6-17(11-15)25-13-18(21)20-12-14-7-9-16(23-2)10-8-14/h4-11H,3,12-13H2,1-2H3,(H,20,21). The molecule has 0 bridgehead atoms. The molecule has 0 saturated heterocycles. The Kier molecular flexibility index (Phi) is 6.83. The van der Waals surface area contributed by atoms with Gasteiger partial charge in [0.15, 0.2) is 6.61 Å². The van der Waals surface area contributed by atoms with E-state index in [0.717, 1.165) is 11.3 Å². The molecule has 0 aromatic heterocycles. The Balaban J connectivity index is 1.81. The van der Waals surface area contributed by atoms with Crippen molar-refractivity contribution in [2.45, 2.75) is 13.5 Å². The largest absolute Gasteiger partial charge is 0.497 e. The van der Waals surface area contributed by atoms with Gasteiger partial charge in [0.2, 0.25) is 0 Å². The van der Waals surface area contributed by atoms with Crippen molar-refractivity contribution in [2.75, 3.05) is 20.3 Å². The summed E-state index contributed by atoms with van der Waals surface area (Å²) in [5.74, 6) is 0.527. The van der Waals surface area contributed by atoms with Crippen LogP contribution in [0.25, 0.3) is 0 Å². The minimum absolute atomic E-state index is 0.136. The minimum atomic E-state index is -0.420. The van der Waals surface area contributed by atoms with E-state index in [1.807, 2.05) is 24.3 Å². The predicted octanol–water partition coefficient (Wildman–Crippen LogP) is 2.57. The van der Waals surface area contributed by atoms with Crippen LogP contribution in [0.1, 0.15) is 22.8 Å². The van der Waals surface area contributed by atoms with Crippen LogP contribution >= 0.6 is 0 Å². The quantitative estimate of drug-likeness (QED) is 0.746. The van der Waals surface area contributed by atoms with Crippen molar-refractivity contribution < 1.29 is 23.8 Å². The van der Waals surface area contributed by atoms with Crippen molar-refractivity contribution in [3.05, 3.63) is 59.7 Å². The fourth-order valence-electron chi connectivity index (χ4n) is 2.07. The van der Waals surface area contributed by atoms with Crippen LogP contribution in [0.5, 0.6) is 11.5 Å². The van der Waals surface area contributed by atoms with E-state index in [9.17, 15) is 9.59 Å². The lowest BCUT2D eigenvalue weighted by atomic mass is 10.2. The zero-order chi connectivity index (χ0) is 18.1. The highest BCUT2D eigenvalue weighted by Crippen LogP contribution is 2.14. The number of carbonyl (C=O) groups is 2. The van der Waals surface area contributed by atoms with Crippen molar-refractivity contribution in [1.29, 1.82) is 0 Å². The molecule has 0 radical (unpaired) electrons. The maximum Gasteiger partial charge on any atom is 0.338 e. The van der Waals surface area contributed by atoms with Crippen LogP contribution in [-0.2, 0) is 16.1 Å². The molecule has 132 valence electrons. The fraction of sp³-hybridized carbons (Fsp3) is 0.263. The van der Waals surface area contributed by atoms with E-state index in [1.54, 1.807) is 38.3 Å². The van der Waals surface area contributed by atoms with Crippen molar-refractivity contribution in [1.82, 2.24) is 5.32 Å². The average molecular weight is 343 g/mol. The van der Waals surface area contributed by atoms with Crippen LogP contribution in [0.15, 0.2) is 48.5 Å². The third-order valence-corrected chi connectivity index (χ3v) is 3.36. The van der Waals surface area contributed by atoms with Crippen molar-refractivity contribution in [3.63, 3.8) is 0 Å². The smallest absolute Gasteiger partial charge is 0.338 e. The summed E-state index contributed by atoms with van der Waals surface area (Å²) in [5.41, 5.74) is 1.34. The molecular formula is C19H21NO5. The molecule has 1 N–H and O–H groups in total. The van der Waals surface area contributed by atoms with E-state index in [1.165, 1.54) is 0 Å². The first-order valence-corrected chi connectivity index (χ1v) is 7.92. The summed E-state index contributed by atoms with van der Waals surface area (Å²) >= 11 is 0. The van der Waals surface area contributed by atoms with Gasteiger partial charge in [0.25, 0.3) is 5.91 Å². The van der Waals surface area contributed by atoms with Gasteiger partial charge in [-0.05, 0) is 42.8 Å². The average Bonchev–Trinajstić information content (AvgIpc) is 2.65. The summed E-state index contributed by atoms with van der Waals surface area (Å²) in [6.45, 7) is 2.31. The molecule has 2 aromatic carbocycles. The molecule has 2 aromatic rings. The maximum absolute atomic E-state index is 11.9. The van der Waals surface area contributed by atoms with Gasteiger partial charge < -0.3 is 19.5 Å². The summed E-state index contributed by atoms with van der Waals surface area (Å²) in [7, 11) is 1.60. The van der Waals surface area contributed by atoms with E-state index in [-0.39, 0.29) is 12.5 Å². The second-order valence-corrected chi connectivity index (χ2v) is 5.16. The second kappa shape index (κ2) is 9.32. The maximum atomic E-state index is 11.9. The Labute approximate surface area is 146 Å². The number of methoxy groups -OCH3 is 1. The van der Waals surface area contributed by atoms with E-state index in [2.05, 4.69) is 5.32 Å². The Hall–Kier alpha value is -3.02. The zero-order valence-corrected chi connectivity index (χ0v) is 14.3. The lowest BCUT2D eigenvalue weighted by Gasteiger charge is -2.09. The molecule has 0 heterocycles. The number of amides is 1. The third kappa shape index (κ3) is 5.84. The molecule has 0 saturated carbocycles. The number of hydrogen-bond donors (Lipinski definition) is 1. The molecule has 0 aliphatic heterocycles. The number of carbonyl (C=O) groups excluding carboxylic acids is 2. The van der Waals surface area contributed by atoms with Gasteiger partial charge in [0.1, 0.15) is 11.5 Å². The van der Waals surface area contributed by atoms with Crippen LogP contribution in [-0.4, -0.2) is 32.2 Å². The Bertz CT molecular complexity index is 712. The van der Waals surface area contributed by atoms with Crippen LogP contribution in [0.2, 0.25) is 0 Å². The third-order valence-electron chi connectivity index (χ3n) is 3.36. The lowest BCUT2D eigenvalue weighted by molar-refractivity contribution is -0.123. The summed E-state index contributed by atoms with van der Waals surface area (Å²) in [6.07, 6.45) is 0. The van der Waals surface area contributed by atoms with Gasteiger partial charge in [-0.15, -0.1) is 0 Å². The van der Waals surface area contributed by atoms with Crippen molar-refractivity contribution in [3.8, 4) is 11.5 Å². The molecular weight excluding hydrogens is 322 g/mol. The molecule has 6 heteroatoms. The minimum Gasteiger partial charge on any atom is -0.497 e. The fourth-order valence-corrected chi connectivity index (χ4v) is 2.07. The van der Waals surface area contributed by atoms with Gasteiger partial charge in [-0.3, -0.25) is 4.79 Å². The molecule has 0 aliphatic rings. The number of ether oxygens (including phenoxy) is 3. The van der Waals surface area contributed by atoms with Gasteiger partial charge in [-0.25, -0.2) is 4.79 Å². The van der Waals surface area contributed by atoms with Crippen molar-refractivity contribution in [2.24, 2.45) is 0 Å². The molecule has 0 spiro atoms.